The molecule has 6 nitrogen and oxygen atoms in total. The summed E-state index contributed by atoms with van der Waals surface area (Å²) < 4.78 is 26.7. The minimum atomic E-state index is -0.872. The van der Waals surface area contributed by atoms with Crippen molar-refractivity contribution in [2.24, 2.45) is 0 Å². The molecule has 0 bridgehead atoms. The number of rotatable bonds is 3. The van der Waals surface area contributed by atoms with Gasteiger partial charge in [0.05, 0.1) is 10.5 Å². The Balaban J connectivity index is 1.65. The second kappa shape index (κ2) is 6.84. The summed E-state index contributed by atoms with van der Waals surface area (Å²) in [5.41, 5.74) is 0.695. The van der Waals surface area contributed by atoms with E-state index < -0.39 is 22.5 Å². The van der Waals surface area contributed by atoms with Gasteiger partial charge in [-0.1, -0.05) is 0 Å². The van der Waals surface area contributed by atoms with Crippen molar-refractivity contribution in [1.29, 1.82) is 0 Å². The van der Waals surface area contributed by atoms with Crippen LogP contribution >= 0.6 is 0 Å². The topological polar surface area (TPSA) is 66.7 Å². The van der Waals surface area contributed by atoms with Crippen LogP contribution in [0.4, 0.5) is 20.2 Å². The Morgan fingerprint density at radius 2 is 1.64 bits per heavy atom. The van der Waals surface area contributed by atoms with Gasteiger partial charge in [0.15, 0.2) is 0 Å². The molecule has 2 aromatic carbocycles. The largest absolute Gasteiger partial charge is 0.368 e. The number of halogens is 2. The lowest BCUT2D eigenvalue weighted by atomic mass is 10.1. The highest BCUT2D eigenvalue weighted by Gasteiger charge is 2.24. The monoisotopic (exact) mass is 347 g/mol. The summed E-state index contributed by atoms with van der Waals surface area (Å²) in [6, 6.07) is 9.09. The molecule has 0 aliphatic carbocycles. The summed E-state index contributed by atoms with van der Waals surface area (Å²) >= 11 is 0. The van der Waals surface area contributed by atoms with Crippen LogP contribution in [0.1, 0.15) is 10.4 Å². The summed E-state index contributed by atoms with van der Waals surface area (Å²) in [6.07, 6.45) is 0. The van der Waals surface area contributed by atoms with Crippen molar-refractivity contribution >= 4 is 17.3 Å². The quantitative estimate of drug-likeness (QED) is 0.633. The molecule has 1 aliphatic rings. The molecule has 1 amide bonds. The number of carbonyl (C=O) groups excluding carboxylic acids is 1. The van der Waals surface area contributed by atoms with E-state index in [0.717, 1.165) is 17.8 Å². The zero-order chi connectivity index (χ0) is 18.0. The van der Waals surface area contributed by atoms with Crippen molar-refractivity contribution < 1.29 is 18.5 Å². The number of nitrogens with zero attached hydrogens (tertiary/aromatic N) is 3. The van der Waals surface area contributed by atoms with Gasteiger partial charge in [-0.25, -0.2) is 8.78 Å². The number of nitro benzene ring substituents is 1. The first-order chi connectivity index (χ1) is 12.0. The smallest absolute Gasteiger partial charge is 0.269 e. The minimum absolute atomic E-state index is 0.0179. The molecule has 3 rings (SSSR count). The molecule has 2 aromatic rings. The number of nitro groups is 1. The normalized spacial score (nSPS) is 14.5. The maximum atomic E-state index is 13.7. The van der Waals surface area contributed by atoms with E-state index in [9.17, 15) is 23.7 Å². The highest BCUT2D eigenvalue weighted by Crippen LogP contribution is 2.21. The number of anilines is 1. The van der Waals surface area contributed by atoms with E-state index in [1.807, 2.05) is 4.90 Å². The van der Waals surface area contributed by atoms with Gasteiger partial charge in [0.2, 0.25) is 0 Å². The molecule has 25 heavy (non-hydrogen) atoms. The van der Waals surface area contributed by atoms with Crippen LogP contribution in [0.25, 0.3) is 0 Å². The van der Waals surface area contributed by atoms with Gasteiger partial charge in [0.1, 0.15) is 11.6 Å². The fourth-order valence-corrected chi connectivity index (χ4v) is 2.79. The van der Waals surface area contributed by atoms with Gasteiger partial charge in [-0.05, 0) is 24.3 Å². The van der Waals surface area contributed by atoms with Crippen LogP contribution in [-0.4, -0.2) is 41.9 Å². The van der Waals surface area contributed by atoms with Gasteiger partial charge in [-0.3, -0.25) is 14.9 Å². The predicted molar refractivity (Wildman–Crippen MR) is 87.6 cm³/mol. The summed E-state index contributed by atoms with van der Waals surface area (Å²) in [5.74, 6) is -2.07. The van der Waals surface area contributed by atoms with Gasteiger partial charge in [0, 0.05) is 50.1 Å². The second-order valence-electron chi connectivity index (χ2n) is 5.68. The van der Waals surface area contributed by atoms with Crippen LogP contribution in [0.3, 0.4) is 0 Å². The minimum Gasteiger partial charge on any atom is -0.368 e. The predicted octanol–water partition coefficient (Wildman–Crippen LogP) is 2.84. The molecule has 1 fully saturated rings. The summed E-state index contributed by atoms with van der Waals surface area (Å²) in [6.45, 7) is 1.80. The van der Waals surface area contributed by atoms with Crippen LogP contribution in [0.5, 0.6) is 0 Å². The number of non-ortho nitro benzene ring substituents is 1. The number of piperazine rings is 1. The fourth-order valence-electron chi connectivity index (χ4n) is 2.79. The Morgan fingerprint density at radius 3 is 2.20 bits per heavy atom. The molecule has 0 spiro atoms. The third-order valence-electron chi connectivity index (χ3n) is 4.15. The molecule has 0 radical (unpaired) electrons. The number of hydrogen-bond donors (Lipinski definition) is 0. The average Bonchev–Trinajstić information content (AvgIpc) is 2.61. The third kappa shape index (κ3) is 3.57. The SMILES string of the molecule is O=C(c1ccc(F)cc1F)N1CCN(c2ccc([N+](=O)[O-])cc2)CC1. The summed E-state index contributed by atoms with van der Waals surface area (Å²) in [5, 5.41) is 10.7. The number of benzene rings is 2. The lowest BCUT2D eigenvalue weighted by Gasteiger charge is -2.36. The fraction of sp³-hybridized carbons (Fsp3) is 0.235. The highest BCUT2D eigenvalue weighted by molar-refractivity contribution is 5.94. The zero-order valence-electron chi connectivity index (χ0n) is 13.2. The maximum absolute atomic E-state index is 13.7. The van der Waals surface area contributed by atoms with Crippen molar-refractivity contribution in [3.05, 3.63) is 69.8 Å². The van der Waals surface area contributed by atoms with Gasteiger partial charge in [-0.2, -0.15) is 0 Å². The summed E-state index contributed by atoms with van der Waals surface area (Å²) in [7, 11) is 0. The molecule has 0 aromatic heterocycles. The van der Waals surface area contributed by atoms with Crippen molar-refractivity contribution in [2.75, 3.05) is 31.1 Å². The number of carbonyl (C=O) groups is 1. The van der Waals surface area contributed by atoms with Gasteiger partial charge < -0.3 is 9.80 Å². The second-order valence-corrected chi connectivity index (χ2v) is 5.68. The molecular formula is C17H15F2N3O3. The Bertz CT molecular complexity index is 803. The van der Waals surface area contributed by atoms with E-state index in [1.165, 1.54) is 17.0 Å². The molecular weight excluding hydrogens is 332 g/mol. The number of amides is 1. The number of hydrogen-bond acceptors (Lipinski definition) is 4. The lowest BCUT2D eigenvalue weighted by Crippen LogP contribution is -2.49. The Labute approximate surface area is 142 Å². The van der Waals surface area contributed by atoms with Crippen LogP contribution in [0.2, 0.25) is 0 Å². The Kier molecular flexibility index (Phi) is 4.60. The van der Waals surface area contributed by atoms with Crippen LogP contribution in [0.15, 0.2) is 42.5 Å². The molecule has 0 atom stereocenters. The molecule has 1 aliphatic heterocycles. The molecule has 1 saturated heterocycles. The van der Waals surface area contributed by atoms with Crippen LogP contribution in [-0.2, 0) is 0 Å². The standard InChI is InChI=1S/C17H15F2N3O3/c18-12-1-6-15(16(19)11-12)17(23)21-9-7-20(8-10-21)13-2-4-14(5-3-13)22(24)25/h1-6,11H,7-10H2. The van der Waals surface area contributed by atoms with Crippen molar-refractivity contribution in [1.82, 2.24) is 4.90 Å². The first-order valence-electron chi connectivity index (χ1n) is 7.69. The highest BCUT2D eigenvalue weighted by atomic mass is 19.1. The first-order valence-corrected chi connectivity index (χ1v) is 7.69. The first kappa shape index (κ1) is 16.8. The van der Waals surface area contributed by atoms with Gasteiger partial charge >= 0.3 is 0 Å². The van der Waals surface area contributed by atoms with E-state index in [0.29, 0.717) is 32.2 Å². The summed E-state index contributed by atoms with van der Waals surface area (Å²) in [4.78, 5) is 26.1. The van der Waals surface area contributed by atoms with Gasteiger partial charge in [0.25, 0.3) is 11.6 Å². The Hall–Kier alpha value is -3.03. The molecule has 0 unspecified atom stereocenters. The maximum Gasteiger partial charge on any atom is 0.269 e. The third-order valence-corrected chi connectivity index (χ3v) is 4.15. The van der Waals surface area contributed by atoms with Crippen molar-refractivity contribution in [3.63, 3.8) is 0 Å². The van der Waals surface area contributed by atoms with E-state index >= 15 is 0 Å². The molecule has 0 N–H and O–H groups in total. The average molecular weight is 347 g/mol. The van der Waals surface area contributed by atoms with Crippen molar-refractivity contribution in [2.45, 2.75) is 0 Å². The van der Waals surface area contributed by atoms with E-state index in [2.05, 4.69) is 0 Å². The van der Waals surface area contributed by atoms with Crippen molar-refractivity contribution in [3.8, 4) is 0 Å². The van der Waals surface area contributed by atoms with E-state index in [-0.39, 0.29) is 11.3 Å². The lowest BCUT2D eigenvalue weighted by molar-refractivity contribution is -0.384. The van der Waals surface area contributed by atoms with E-state index in [1.54, 1.807) is 12.1 Å². The molecule has 0 saturated carbocycles. The molecule has 1 heterocycles. The van der Waals surface area contributed by atoms with Crippen LogP contribution in [0, 0.1) is 21.7 Å². The van der Waals surface area contributed by atoms with Crippen LogP contribution < -0.4 is 4.90 Å². The molecule has 130 valence electrons. The van der Waals surface area contributed by atoms with E-state index in [4.69, 9.17) is 0 Å². The zero-order valence-corrected chi connectivity index (χ0v) is 13.2. The molecule has 8 heteroatoms. The van der Waals surface area contributed by atoms with Gasteiger partial charge in [-0.15, -0.1) is 0 Å². The Morgan fingerprint density at radius 1 is 1.00 bits per heavy atom.